The van der Waals surface area contributed by atoms with Crippen LogP contribution in [-0.4, -0.2) is 60.7 Å². The molecule has 2 N–H and O–H groups in total. The number of hydrogen-bond acceptors (Lipinski definition) is 3. The lowest BCUT2D eigenvalue weighted by molar-refractivity contribution is -0.0202. The van der Waals surface area contributed by atoms with E-state index in [0.29, 0.717) is 0 Å². The van der Waals surface area contributed by atoms with Crippen molar-refractivity contribution >= 4 is 10.9 Å². The van der Waals surface area contributed by atoms with Gasteiger partial charge in [0.25, 0.3) is 0 Å². The molecule has 0 saturated carbocycles. The van der Waals surface area contributed by atoms with Crippen LogP contribution < -0.4 is 0 Å². The molecule has 1 aromatic heterocycles. The van der Waals surface area contributed by atoms with E-state index >= 15 is 0 Å². The number of aromatic amines is 1. The molecule has 1 aliphatic rings. The van der Waals surface area contributed by atoms with Crippen molar-refractivity contribution in [3.8, 4) is 0 Å². The quantitative estimate of drug-likeness (QED) is 0.909. The van der Waals surface area contributed by atoms with Gasteiger partial charge >= 0.3 is 0 Å². The Labute approximate surface area is 132 Å². The highest BCUT2D eigenvalue weighted by molar-refractivity contribution is 5.84. The lowest BCUT2D eigenvalue weighted by Gasteiger charge is -2.37. The first-order chi connectivity index (χ1) is 10.5. The Morgan fingerprint density at radius 3 is 2.68 bits per heavy atom. The number of aliphatic hydroxyl groups is 1. The molecule has 0 aliphatic carbocycles. The fraction of sp³-hybridized carbons (Fsp3) is 0.556. The van der Waals surface area contributed by atoms with Crippen molar-refractivity contribution in [2.75, 3.05) is 40.8 Å². The average molecular weight is 301 g/mol. The first-order valence-corrected chi connectivity index (χ1v) is 8.14. The van der Waals surface area contributed by atoms with Crippen molar-refractivity contribution in [3.05, 3.63) is 35.5 Å². The van der Waals surface area contributed by atoms with E-state index in [-0.39, 0.29) is 0 Å². The predicted octanol–water partition coefficient (Wildman–Crippen LogP) is 2.19. The maximum absolute atomic E-state index is 11.0. The largest absolute Gasteiger partial charge is 0.385 e. The molecule has 2 heterocycles. The van der Waals surface area contributed by atoms with E-state index in [0.717, 1.165) is 50.0 Å². The van der Waals surface area contributed by atoms with Crippen LogP contribution >= 0.6 is 0 Å². The summed E-state index contributed by atoms with van der Waals surface area (Å²) in [5.74, 6) is 0. The van der Waals surface area contributed by atoms with Gasteiger partial charge in [-0.05, 0) is 63.7 Å². The van der Waals surface area contributed by atoms with Crippen LogP contribution in [0, 0.1) is 0 Å². The van der Waals surface area contributed by atoms with Crippen LogP contribution in [0.5, 0.6) is 0 Å². The maximum atomic E-state index is 11.0. The van der Waals surface area contributed by atoms with Crippen molar-refractivity contribution in [3.63, 3.8) is 0 Å². The van der Waals surface area contributed by atoms with E-state index in [4.69, 9.17) is 0 Å². The van der Waals surface area contributed by atoms with Gasteiger partial charge in [0.15, 0.2) is 0 Å². The Morgan fingerprint density at radius 1 is 1.27 bits per heavy atom. The minimum Gasteiger partial charge on any atom is -0.385 e. The molecule has 22 heavy (non-hydrogen) atoms. The van der Waals surface area contributed by atoms with Crippen LogP contribution in [0.4, 0.5) is 0 Å². The van der Waals surface area contributed by atoms with E-state index in [1.54, 1.807) is 0 Å². The molecule has 0 unspecified atom stereocenters. The van der Waals surface area contributed by atoms with Gasteiger partial charge in [-0.15, -0.1) is 0 Å². The summed E-state index contributed by atoms with van der Waals surface area (Å²) in [4.78, 5) is 7.84. The summed E-state index contributed by atoms with van der Waals surface area (Å²) in [6.45, 7) is 2.94. The van der Waals surface area contributed by atoms with E-state index in [1.807, 2.05) is 0 Å². The molecule has 2 aromatic rings. The second kappa shape index (κ2) is 6.03. The summed E-state index contributed by atoms with van der Waals surface area (Å²) in [6.07, 6.45) is 4.76. The van der Waals surface area contributed by atoms with E-state index in [2.05, 4.69) is 60.3 Å². The van der Waals surface area contributed by atoms with E-state index in [9.17, 15) is 5.11 Å². The molecule has 3 rings (SSSR count). The van der Waals surface area contributed by atoms with E-state index < -0.39 is 5.60 Å². The number of fused-ring (bicyclic) bond motifs is 1. The molecule has 0 spiro atoms. The van der Waals surface area contributed by atoms with Gasteiger partial charge in [-0.3, -0.25) is 0 Å². The number of piperidine rings is 1. The van der Waals surface area contributed by atoms with Gasteiger partial charge in [-0.1, -0.05) is 6.07 Å². The molecule has 0 amide bonds. The van der Waals surface area contributed by atoms with Gasteiger partial charge in [0.1, 0.15) is 0 Å². The highest BCUT2D eigenvalue weighted by atomic mass is 16.3. The third-order valence-corrected chi connectivity index (χ3v) is 4.95. The third kappa shape index (κ3) is 3.05. The molecular weight excluding hydrogens is 274 g/mol. The molecule has 120 valence electrons. The van der Waals surface area contributed by atoms with E-state index in [1.165, 1.54) is 10.9 Å². The Balaban J connectivity index is 1.89. The van der Waals surface area contributed by atoms with Crippen LogP contribution in [0.2, 0.25) is 0 Å². The van der Waals surface area contributed by atoms with Gasteiger partial charge in [0, 0.05) is 36.7 Å². The predicted molar refractivity (Wildman–Crippen MR) is 91.2 cm³/mol. The number of rotatable bonds is 4. The van der Waals surface area contributed by atoms with Gasteiger partial charge in [0.05, 0.1) is 5.60 Å². The minimum atomic E-state index is -0.670. The number of nitrogens with one attached hydrogen (secondary N) is 1. The fourth-order valence-corrected chi connectivity index (χ4v) is 3.30. The molecule has 0 radical (unpaired) electrons. The lowest BCUT2D eigenvalue weighted by atomic mass is 9.84. The van der Waals surface area contributed by atoms with Gasteiger partial charge < -0.3 is 19.9 Å². The number of benzene rings is 1. The number of hydrogen-bond donors (Lipinski definition) is 2. The zero-order chi connectivity index (χ0) is 15.7. The standard InChI is InChI=1S/C18H27N3O/c1-20(2)9-6-14-13-19-17-5-4-15(12-16(14)17)18(22)7-10-21(3)11-8-18/h4-5,12-13,19,22H,6-11H2,1-3H3. The molecule has 1 fully saturated rings. The second-order valence-corrected chi connectivity index (χ2v) is 6.96. The Morgan fingerprint density at radius 2 is 2.00 bits per heavy atom. The first kappa shape index (κ1) is 15.5. The smallest absolute Gasteiger partial charge is 0.0921 e. The second-order valence-electron chi connectivity index (χ2n) is 6.96. The maximum Gasteiger partial charge on any atom is 0.0921 e. The number of aromatic nitrogens is 1. The molecule has 4 heteroatoms. The molecular formula is C18H27N3O. The van der Waals surface area contributed by atoms with Crippen molar-refractivity contribution in [2.24, 2.45) is 0 Å². The summed E-state index contributed by atoms with van der Waals surface area (Å²) in [5, 5.41) is 12.3. The van der Waals surface area contributed by atoms with Gasteiger partial charge in [0.2, 0.25) is 0 Å². The first-order valence-electron chi connectivity index (χ1n) is 8.14. The molecule has 1 saturated heterocycles. The summed E-state index contributed by atoms with van der Waals surface area (Å²) in [6, 6.07) is 6.39. The van der Waals surface area contributed by atoms with Crippen LogP contribution in [-0.2, 0) is 12.0 Å². The number of likely N-dealkylation sites (N-methyl/N-ethyl adjacent to an activating group) is 1. The zero-order valence-electron chi connectivity index (χ0n) is 13.9. The van der Waals surface area contributed by atoms with Crippen molar-refractivity contribution < 1.29 is 5.11 Å². The summed E-state index contributed by atoms with van der Waals surface area (Å²) in [5.41, 5.74) is 2.89. The monoisotopic (exact) mass is 301 g/mol. The molecule has 0 atom stereocenters. The van der Waals surface area contributed by atoms with Gasteiger partial charge in [-0.25, -0.2) is 0 Å². The Kier molecular flexibility index (Phi) is 4.26. The highest BCUT2D eigenvalue weighted by Crippen LogP contribution is 2.34. The van der Waals surface area contributed by atoms with Crippen LogP contribution in [0.25, 0.3) is 10.9 Å². The van der Waals surface area contributed by atoms with Gasteiger partial charge in [-0.2, -0.15) is 0 Å². The number of H-pyrrole nitrogens is 1. The Bertz CT molecular complexity index is 639. The third-order valence-electron chi connectivity index (χ3n) is 4.95. The minimum absolute atomic E-state index is 0.670. The van der Waals surface area contributed by atoms with Crippen molar-refractivity contribution in [1.82, 2.24) is 14.8 Å². The number of likely N-dealkylation sites (tertiary alicyclic amines) is 1. The Hall–Kier alpha value is -1.36. The van der Waals surface area contributed by atoms with Crippen molar-refractivity contribution in [2.45, 2.75) is 24.9 Å². The lowest BCUT2D eigenvalue weighted by Crippen LogP contribution is -2.40. The number of nitrogens with zero attached hydrogens (tertiary/aromatic N) is 2. The molecule has 1 aliphatic heterocycles. The average Bonchev–Trinajstić information content (AvgIpc) is 2.90. The topological polar surface area (TPSA) is 42.5 Å². The molecule has 4 nitrogen and oxygen atoms in total. The normalized spacial score (nSPS) is 19.1. The van der Waals surface area contributed by atoms with Crippen LogP contribution in [0.3, 0.4) is 0 Å². The highest BCUT2D eigenvalue weighted by Gasteiger charge is 2.33. The SMILES string of the molecule is CN(C)CCc1c[nH]c2ccc(C3(O)CCN(C)CC3)cc12. The van der Waals surface area contributed by atoms with Crippen LogP contribution in [0.1, 0.15) is 24.0 Å². The summed E-state index contributed by atoms with van der Waals surface area (Å²) < 4.78 is 0. The molecule has 1 aromatic carbocycles. The molecule has 0 bridgehead atoms. The summed E-state index contributed by atoms with van der Waals surface area (Å²) >= 11 is 0. The summed E-state index contributed by atoms with van der Waals surface area (Å²) in [7, 11) is 6.32. The van der Waals surface area contributed by atoms with Crippen molar-refractivity contribution in [1.29, 1.82) is 0 Å². The fourth-order valence-electron chi connectivity index (χ4n) is 3.30. The zero-order valence-corrected chi connectivity index (χ0v) is 13.9. The van der Waals surface area contributed by atoms with Crippen LogP contribution in [0.15, 0.2) is 24.4 Å².